The minimum absolute atomic E-state index is 0.217. The van der Waals surface area contributed by atoms with Gasteiger partial charge in [-0.1, -0.05) is 13.2 Å². The zero-order chi connectivity index (χ0) is 18.5. The molecule has 0 aliphatic heterocycles. The van der Waals surface area contributed by atoms with Crippen molar-refractivity contribution in [1.82, 2.24) is 0 Å². The summed E-state index contributed by atoms with van der Waals surface area (Å²) in [5.41, 5.74) is 0. The van der Waals surface area contributed by atoms with Gasteiger partial charge in [0.15, 0.2) is 0 Å². The Morgan fingerprint density at radius 1 is 0.875 bits per heavy atom. The van der Waals surface area contributed by atoms with E-state index in [1.807, 2.05) is 0 Å². The molecule has 0 aromatic rings. The van der Waals surface area contributed by atoms with E-state index in [9.17, 15) is 19.8 Å². The molecule has 8 nitrogen and oxygen atoms in total. The van der Waals surface area contributed by atoms with Crippen molar-refractivity contribution >= 4 is 11.9 Å². The van der Waals surface area contributed by atoms with Gasteiger partial charge in [0.2, 0.25) is 12.6 Å². The van der Waals surface area contributed by atoms with Gasteiger partial charge >= 0.3 is 11.9 Å². The van der Waals surface area contributed by atoms with Crippen LogP contribution >= 0.6 is 0 Å². The van der Waals surface area contributed by atoms with Gasteiger partial charge in [0.1, 0.15) is 12.2 Å². The molecule has 0 saturated heterocycles. The zero-order valence-corrected chi connectivity index (χ0v) is 14.1. The van der Waals surface area contributed by atoms with Gasteiger partial charge in [-0.25, -0.2) is 9.59 Å². The average molecular weight is 346 g/mol. The Bertz CT molecular complexity index is 367. The SMILES string of the molecule is C=CC(=O)OC(OCCCCOC(OC(=O)C=C)C(C)O)C(C)O. The first-order valence-corrected chi connectivity index (χ1v) is 7.57. The molecule has 0 aromatic carbocycles. The van der Waals surface area contributed by atoms with Crippen LogP contribution in [0.15, 0.2) is 25.3 Å². The largest absolute Gasteiger partial charge is 0.430 e. The van der Waals surface area contributed by atoms with Crippen molar-refractivity contribution in [2.45, 2.75) is 51.5 Å². The Morgan fingerprint density at radius 3 is 1.46 bits per heavy atom. The topological polar surface area (TPSA) is 112 Å². The first kappa shape index (κ1) is 22.3. The minimum Gasteiger partial charge on any atom is -0.430 e. The molecule has 0 spiro atoms. The number of aliphatic hydroxyl groups is 2. The van der Waals surface area contributed by atoms with Crippen LogP contribution in [0.25, 0.3) is 0 Å². The minimum atomic E-state index is -1.07. The van der Waals surface area contributed by atoms with Crippen LogP contribution in [0.5, 0.6) is 0 Å². The fraction of sp³-hybridized carbons (Fsp3) is 0.625. The summed E-state index contributed by atoms with van der Waals surface area (Å²) in [4.78, 5) is 22.2. The number of rotatable bonds is 13. The number of ether oxygens (including phenoxy) is 4. The molecule has 8 heteroatoms. The van der Waals surface area contributed by atoms with Gasteiger partial charge in [-0.2, -0.15) is 0 Å². The second-order valence-corrected chi connectivity index (χ2v) is 4.95. The van der Waals surface area contributed by atoms with Crippen LogP contribution in [0, 0.1) is 0 Å². The molecule has 0 bridgehead atoms. The van der Waals surface area contributed by atoms with Crippen LogP contribution in [0.1, 0.15) is 26.7 Å². The molecule has 2 N–H and O–H groups in total. The average Bonchev–Trinajstić information content (AvgIpc) is 2.54. The van der Waals surface area contributed by atoms with Crippen LogP contribution in [0.2, 0.25) is 0 Å². The monoisotopic (exact) mass is 346 g/mol. The van der Waals surface area contributed by atoms with Crippen molar-refractivity contribution < 1.29 is 38.7 Å². The predicted molar refractivity (Wildman–Crippen MR) is 84.7 cm³/mol. The van der Waals surface area contributed by atoms with Crippen LogP contribution in [-0.2, 0) is 28.5 Å². The molecule has 0 aliphatic carbocycles. The summed E-state index contributed by atoms with van der Waals surface area (Å²) < 4.78 is 20.2. The van der Waals surface area contributed by atoms with Crippen molar-refractivity contribution in [3.8, 4) is 0 Å². The van der Waals surface area contributed by atoms with Crippen molar-refractivity contribution in [2.75, 3.05) is 13.2 Å². The molecular formula is C16H26O8. The van der Waals surface area contributed by atoms with Gasteiger partial charge < -0.3 is 29.2 Å². The van der Waals surface area contributed by atoms with Gasteiger partial charge in [-0.05, 0) is 26.7 Å². The van der Waals surface area contributed by atoms with Crippen LogP contribution in [0.4, 0.5) is 0 Å². The van der Waals surface area contributed by atoms with Crippen LogP contribution in [-0.4, -0.2) is 60.2 Å². The third kappa shape index (κ3) is 10.1. The highest BCUT2D eigenvalue weighted by Crippen LogP contribution is 2.07. The molecule has 0 amide bonds. The van der Waals surface area contributed by atoms with E-state index in [0.29, 0.717) is 12.8 Å². The highest BCUT2D eigenvalue weighted by Gasteiger charge is 2.20. The number of unbranched alkanes of at least 4 members (excludes halogenated alkanes) is 1. The highest BCUT2D eigenvalue weighted by atomic mass is 16.7. The first-order chi connectivity index (χ1) is 11.3. The lowest BCUT2D eigenvalue weighted by Gasteiger charge is -2.21. The standard InChI is InChI=1S/C16H26O8/c1-5-13(19)23-15(11(3)17)21-9-7-8-10-22-16(12(4)18)24-14(20)6-2/h5-6,11-12,15-18H,1-2,7-10H2,3-4H3. The molecule has 0 aliphatic rings. The van der Waals surface area contributed by atoms with E-state index in [4.69, 9.17) is 18.9 Å². The molecule has 0 rings (SSSR count). The third-order valence-electron chi connectivity index (χ3n) is 2.69. The Hall–Kier alpha value is -1.74. The summed E-state index contributed by atoms with van der Waals surface area (Å²) in [6, 6.07) is 0. The van der Waals surface area contributed by atoms with E-state index >= 15 is 0 Å². The van der Waals surface area contributed by atoms with E-state index in [0.717, 1.165) is 12.2 Å². The Labute approximate surface area is 141 Å². The van der Waals surface area contributed by atoms with Crippen molar-refractivity contribution in [3.05, 3.63) is 25.3 Å². The number of carbonyl (C=O) groups is 2. The maximum absolute atomic E-state index is 11.1. The predicted octanol–water partition coefficient (Wildman–Crippen LogP) is 0.672. The zero-order valence-electron chi connectivity index (χ0n) is 14.1. The molecule has 0 radical (unpaired) electrons. The van der Waals surface area contributed by atoms with Crippen molar-refractivity contribution in [2.24, 2.45) is 0 Å². The molecule has 0 aromatic heterocycles. The van der Waals surface area contributed by atoms with Crippen LogP contribution in [0.3, 0.4) is 0 Å². The fourth-order valence-electron chi connectivity index (χ4n) is 1.47. The maximum atomic E-state index is 11.1. The second-order valence-electron chi connectivity index (χ2n) is 4.95. The van der Waals surface area contributed by atoms with E-state index < -0.39 is 36.7 Å². The molecule has 4 unspecified atom stereocenters. The lowest BCUT2D eigenvalue weighted by Crippen LogP contribution is -2.32. The maximum Gasteiger partial charge on any atom is 0.332 e. The number of aliphatic hydroxyl groups excluding tert-OH is 2. The summed E-state index contributed by atoms with van der Waals surface area (Å²) in [5.74, 6) is -1.37. The lowest BCUT2D eigenvalue weighted by atomic mass is 10.3. The molecule has 4 atom stereocenters. The summed E-state index contributed by atoms with van der Waals surface area (Å²) in [6.07, 6.45) is -1.08. The Balaban J connectivity index is 4.01. The lowest BCUT2D eigenvalue weighted by molar-refractivity contribution is -0.200. The first-order valence-electron chi connectivity index (χ1n) is 7.57. The smallest absolute Gasteiger partial charge is 0.332 e. The summed E-state index contributed by atoms with van der Waals surface area (Å²) >= 11 is 0. The Kier molecular flexibility index (Phi) is 11.7. The Morgan fingerprint density at radius 2 is 1.21 bits per heavy atom. The van der Waals surface area contributed by atoms with Gasteiger partial charge in [0.05, 0.1) is 13.2 Å². The number of carbonyl (C=O) groups excluding carboxylic acids is 2. The summed E-state index contributed by atoms with van der Waals surface area (Å²) in [6.45, 7) is 9.83. The number of hydrogen-bond donors (Lipinski definition) is 2. The molecule has 0 heterocycles. The molecule has 0 fully saturated rings. The van der Waals surface area contributed by atoms with Gasteiger partial charge in [-0.3, -0.25) is 0 Å². The molecular weight excluding hydrogens is 320 g/mol. The van der Waals surface area contributed by atoms with Gasteiger partial charge in [-0.15, -0.1) is 0 Å². The third-order valence-corrected chi connectivity index (χ3v) is 2.69. The normalized spacial score (nSPS) is 15.7. The molecule has 138 valence electrons. The van der Waals surface area contributed by atoms with Crippen molar-refractivity contribution in [1.29, 1.82) is 0 Å². The van der Waals surface area contributed by atoms with E-state index in [1.54, 1.807) is 0 Å². The van der Waals surface area contributed by atoms with E-state index in [-0.39, 0.29) is 13.2 Å². The van der Waals surface area contributed by atoms with Gasteiger partial charge in [0.25, 0.3) is 0 Å². The number of hydrogen-bond acceptors (Lipinski definition) is 8. The number of esters is 2. The van der Waals surface area contributed by atoms with E-state index in [1.165, 1.54) is 13.8 Å². The fourth-order valence-corrected chi connectivity index (χ4v) is 1.47. The van der Waals surface area contributed by atoms with Gasteiger partial charge in [0, 0.05) is 12.2 Å². The van der Waals surface area contributed by atoms with E-state index in [2.05, 4.69) is 13.2 Å². The molecule has 24 heavy (non-hydrogen) atoms. The quantitative estimate of drug-likeness (QED) is 0.217. The summed E-state index contributed by atoms with van der Waals surface area (Å²) in [5, 5.41) is 18.9. The highest BCUT2D eigenvalue weighted by molar-refractivity contribution is 5.81. The molecule has 0 saturated carbocycles. The summed E-state index contributed by atoms with van der Waals surface area (Å²) in [7, 11) is 0. The second kappa shape index (κ2) is 12.7. The van der Waals surface area contributed by atoms with Crippen LogP contribution < -0.4 is 0 Å². The van der Waals surface area contributed by atoms with Crippen molar-refractivity contribution in [3.63, 3.8) is 0 Å².